The maximum atomic E-state index is 5.26. The maximum absolute atomic E-state index is 5.26. The number of guanidine groups is 1. The molecular weight excluding hydrogens is 481 g/mol. The van der Waals surface area contributed by atoms with Crippen molar-refractivity contribution in [3.8, 4) is 5.75 Å². The van der Waals surface area contributed by atoms with Crippen molar-refractivity contribution >= 4 is 29.9 Å². The standard InChI is InChI=1S/C20H33N7O.HI/c1-6-19-25-24-15-27(19)13-12-22-20(21-7-2)23-14-18(26(3)4)16-8-10-17(28-5)11-9-16;/h8-11,15,18H,6-7,12-14H2,1-5H3,(H2,21,22,23);1H. The van der Waals surface area contributed by atoms with E-state index in [-0.39, 0.29) is 30.0 Å². The molecule has 0 bridgehead atoms. The minimum atomic E-state index is 0. The lowest BCUT2D eigenvalue weighted by Gasteiger charge is -2.24. The van der Waals surface area contributed by atoms with Crippen LogP contribution >= 0.6 is 24.0 Å². The molecule has 2 N–H and O–H groups in total. The van der Waals surface area contributed by atoms with Crippen molar-refractivity contribution in [2.45, 2.75) is 32.9 Å². The topological polar surface area (TPSA) is 79.6 Å². The van der Waals surface area contributed by atoms with Crippen molar-refractivity contribution in [1.29, 1.82) is 0 Å². The molecule has 0 aliphatic rings. The second-order valence-electron chi connectivity index (χ2n) is 6.69. The molecule has 0 aliphatic carbocycles. The highest BCUT2D eigenvalue weighted by Crippen LogP contribution is 2.21. The van der Waals surface area contributed by atoms with Gasteiger partial charge in [-0.05, 0) is 38.7 Å². The maximum Gasteiger partial charge on any atom is 0.191 e. The fourth-order valence-electron chi connectivity index (χ4n) is 2.95. The van der Waals surface area contributed by atoms with E-state index in [0.29, 0.717) is 6.54 Å². The number of aryl methyl sites for hydroxylation is 1. The number of ether oxygens (including phenoxy) is 1. The Morgan fingerprint density at radius 2 is 1.93 bits per heavy atom. The highest BCUT2D eigenvalue weighted by molar-refractivity contribution is 14.0. The molecule has 1 unspecified atom stereocenters. The fourth-order valence-corrected chi connectivity index (χ4v) is 2.95. The predicted octanol–water partition coefficient (Wildman–Crippen LogP) is 2.33. The second-order valence-corrected chi connectivity index (χ2v) is 6.69. The van der Waals surface area contributed by atoms with Crippen LogP contribution in [-0.4, -0.2) is 66.5 Å². The molecular formula is C20H34IN7O. The Bertz CT molecular complexity index is 731. The minimum absolute atomic E-state index is 0. The average molecular weight is 515 g/mol. The summed E-state index contributed by atoms with van der Waals surface area (Å²) in [6.45, 7) is 7.18. The van der Waals surface area contributed by atoms with Gasteiger partial charge in [0.15, 0.2) is 5.96 Å². The first kappa shape index (κ1) is 25.2. The van der Waals surface area contributed by atoms with Gasteiger partial charge in [0.05, 0.1) is 19.7 Å². The number of rotatable bonds is 10. The van der Waals surface area contributed by atoms with Gasteiger partial charge in [-0.25, -0.2) is 0 Å². The second kappa shape index (κ2) is 13.4. The van der Waals surface area contributed by atoms with E-state index in [4.69, 9.17) is 9.73 Å². The molecule has 1 aromatic heterocycles. The summed E-state index contributed by atoms with van der Waals surface area (Å²) in [4.78, 5) is 6.98. The molecule has 1 aromatic carbocycles. The monoisotopic (exact) mass is 515 g/mol. The van der Waals surface area contributed by atoms with Gasteiger partial charge in [-0.1, -0.05) is 19.1 Å². The van der Waals surface area contributed by atoms with Gasteiger partial charge >= 0.3 is 0 Å². The summed E-state index contributed by atoms with van der Waals surface area (Å²) in [5, 5.41) is 14.8. The van der Waals surface area contributed by atoms with Crippen molar-refractivity contribution in [1.82, 2.24) is 30.3 Å². The number of nitrogens with one attached hydrogen (secondary N) is 2. The number of halogens is 1. The van der Waals surface area contributed by atoms with Crippen molar-refractivity contribution in [2.24, 2.45) is 4.99 Å². The van der Waals surface area contributed by atoms with E-state index < -0.39 is 0 Å². The Morgan fingerprint density at radius 1 is 1.21 bits per heavy atom. The van der Waals surface area contributed by atoms with Gasteiger partial charge in [-0.15, -0.1) is 34.2 Å². The van der Waals surface area contributed by atoms with Crippen LogP contribution in [0.5, 0.6) is 5.75 Å². The molecule has 0 aliphatic heterocycles. The highest BCUT2D eigenvalue weighted by atomic mass is 127. The number of hydrogen-bond acceptors (Lipinski definition) is 5. The van der Waals surface area contributed by atoms with Gasteiger partial charge < -0.3 is 24.8 Å². The van der Waals surface area contributed by atoms with E-state index in [1.54, 1.807) is 13.4 Å². The van der Waals surface area contributed by atoms with Gasteiger partial charge in [0, 0.05) is 26.1 Å². The summed E-state index contributed by atoms with van der Waals surface area (Å²) in [7, 11) is 5.83. The average Bonchev–Trinajstić information content (AvgIpc) is 3.16. The largest absolute Gasteiger partial charge is 0.497 e. The lowest BCUT2D eigenvalue weighted by molar-refractivity contribution is 0.306. The number of benzene rings is 1. The van der Waals surface area contributed by atoms with Gasteiger partial charge in [-0.3, -0.25) is 4.99 Å². The van der Waals surface area contributed by atoms with E-state index in [1.807, 2.05) is 12.1 Å². The number of likely N-dealkylation sites (N-methyl/N-ethyl adjacent to an activating group) is 1. The van der Waals surface area contributed by atoms with Gasteiger partial charge in [-0.2, -0.15) is 0 Å². The van der Waals surface area contributed by atoms with Crippen LogP contribution in [0.4, 0.5) is 0 Å². The van der Waals surface area contributed by atoms with Crippen molar-refractivity contribution in [3.05, 3.63) is 42.0 Å². The van der Waals surface area contributed by atoms with E-state index in [2.05, 4.69) is 70.4 Å². The van der Waals surface area contributed by atoms with Gasteiger partial charge in [0.2, 0.25) is 0 Å². The lowest BCUT2D eigenvalue weighted by Crippen LogP contribution is -2.39. The molecule has 9 heteroatoms. The zero-order valence-electron chi connectivity index (χ0n) is 18.1. The van der Waals surface area contributed by atoms with Gasteiger partial charge in [0.1, 0.15) is 17.9 Å². The smallest absolute Gasteiger partial charge is 0.191 e. The molecule has 0 fully saturated rings. The first-order valence-corrected chi connectivity index (χ1v) is 9.78. The van der Waals surface area contributed by atoms with Crippen LogP contribution in [-0.2, 0) is 13.0 Å². The van der Waals surface area contributed by atoms with Crippen molar-refractivity contribution in [3.63, 3.8) is 0 Å². The van der Waals surface area contributed by atoms with Crippen LogP contribution in [0.15, 0.2) is 35.6 Å². The van der Waals surface area contributed by atoms with E-state index in [9.17, 15) is 0 Å². The first-order chi connectivity index (χ1) is 13.6. The Hall–Kier alpha value is -1.88. The SMILES string of the molecule is CCNC(=NCC(c1ccc(OC)cc1)N(C)C)NCCn1cnnc1CC.I. The summed E-state index contributed by atoms with van der Waals surface area (Å²) < 4.78 is 7.32. The summed E-state index contributed by atoms with van der Waals surface area (Å²) in [5.74, 6) is 2.67. The van der Waals surface area contributed by atoms with Crippen LogP contribution < -0.4 is 15.4 Å². The fraction of sp³-hybridized carbons (Fsp3) is 0.550. The molecule has 2 aromatic rings. The number of nitrogens with zero attached hydrogens (tertiary/aromatic N) is 5. The molecule has 0 saturated carbocycles. The summed E-state index contributed by atoms with van der Waals surface area (Å²) in [5.41, 5.74) is 1.21. The summed E-state index contributed by atoms with van der Waals surface area (Å²) in [6, 6.07) is 8.35. The van der Waals surface area contributed by atoms with Crippen LogP contribution in [0.2, 0.25) is 0 Å². The van der Waals surface area contributed by atoms with Crippen molar-refractivity contribution < 1.29 is 4.74 Å². The van der Waals surface area contributed by atoms with Crippen LogP contribution in [0.25, 0.3) is 0 Å². The number of hydrogen-bond donors (Lipinski definition) is 2. The minimum Gasteiger partial charge on any atom is -0.497 e. The molecule has 0 spiro atoms. The Morgan fingerprint density at radius 3 is 2.52 bits per heavy atom. The summed E-state index contributed by atoms with van der Waals surface area (Å²) >= 11 is 0. The first-order valence-electron chi connectivity index (χ1n) is 9.78. The molecule has 0 radical (unpaired) electrons. The van der Waals surface area contributed by atoms with E-state index in [0.717, 1.165) is 43.6 Å². The van der Waals surface area contributed by atoms with Crippen LogP contribution in [0, 0.1) is 0 Å². The van der Waals surface area contributed by atoms with Crippen LogP contribution in [0.1, 0.15) is 31.3 Å². The third-order valence-electron chi connectivity index (χ3n) is 4.55. The van der Waals surface area contributed by atoms with E-state index >= 15 is 0 Å². The number of aromatic nitrogens is 3. The molecule has 29 heavy (non-hydrogen) atoms. The van der Waals surface area contributed by atoms with Crippen molar-refractivity contribution in [2.75, 3.05) is 40.8 Å². The number of aliphatic imine (C=N–C) groups is 1. The molecule has 1 heterocycles. The zero-order valence-corrected chi connectivity index (χ0v) is 20.4. The lowest BCUT2D eigenvalue weighted by atomic mass is 10.1. The molecule has 0 amide bonds. The van der Waals surface area contributed by atoms with Gasteiger partial charge in [0.25, 0.3) is 0 Å². The highest BCUT2D eigenvalue weighted by Gasteiger charge is 2.14. The molecule has 0 saturated heterocycles. The normalized spacial score (nSPS) is 12.4. The Labute approximate surface area is 191 Å². The third kappa shape index (κ3) is 7.81. The third-order valence-corrected chi connectivity index (χ3v) is 4.55. The quantitative estimate of drug-likeness (QED) is 0.287. The Balaban J connectivity index is 0.00000420. The summed E-state index contributed by atoms with van der Waals surface area (Å²) in [6.07, 6.45) is 2.65. The number of methoxy groups -OCH3 is 1. The molecule has 2 rings (SSSR count). The zero-order chi connectivity index (χ0) is 20.4. The predicted molar refractivity (Wildman–Crippen MR) is 128 cm³/mol. The van der Waals surface area contributed by atoms with E-state index in [1.165, 1.54) is 5.56 Å². The molecule has 1 atom stereocenters. The Kier molecular flexibility index (Phi) is 11.6. The molecule has 8 nitrogen and oxygen atoms in total. The van der Waals surface area contributed by atoms with Crippen LogP contribution in [0.3, 0.4) is 0 Å². The molecule has 162 valence electrons.